The van der Waals surface area contributed by atoms with E-state index in [-0.39, 0.29) is 56.9 Å². The van der Waals surface area contributed by atoms with Gasteiger partial charge in [-0.1, -0.05) is 53.2 Å². The van der Waals surface area contributed by atoms with Crippen LogP contribution < -0.4 is 0 Å². The van der Waals surface area contributed by atoms with Crippen molar-refractivity contribution in [2.24, 2.45) is 44.8 Å². The number of hydrogen-bond acceptors (Lipinski definition) is 5. The Morgan fingerprint density at radius 3 is 2.26 bits per heavy atom. The van der Waals surface area contributed by atoms with Gasteiger partial charge in [0.05, 0.1) is 11.7 Å². The van der Waals surface area contributed by atoms with E-state index in [0.29, 0.717) is 5.92 Å². The molecule has 0 unspecified atom stereocenters. The van der Waals surface area contributed by atoms with Gasteiger partial charge >= 0.3 is 0 Å². The third kappa shape index (κ3) is 3.06. The maximum absolute atomic E-state index is 14.5. The van der Waals surface area contributed by atoms with E-state index in [0.717, 1.165) is 58.0 Å². The second-order valence-electron chi connectivity index (χ2n) is 15.8. The van der Waals surface area contributed by atoms with Gasteiger partial charge in [0.2, 0.25) is 0 Å². The average molecular weight is 519 g/mol. The van der Waals surface area contributed by atoms with Crippen LogP contribution in [-0.2, 0) is 9.59 Å². The number of rotatable bonds is 1. The molecule has 38 heavy (non-hydrogen) atoms. The Balaban J connectivity index is 1.46. The number of allylic oxidation sites excluding steroid dienone is 4. The summed E-state index contributed by atoms with van der Waals surface area (Å²) in [5.41, 5.74) is 0.205. The molecule has 0 radical (unpaired) electrons. The first-order valence-corrected chi connectivity index (χ1v) is 14.9. The van der Waals surface area contributed by atoms with Gasteiger partial charge in [-0.2, -0.15) is 5.26 Å². The summed E-state index contributed by atoms with van der Waals surface area (Å²) in [5.74, 6) is 0.603. The van der Waals surface area contributed by atoms with Gasteiger partial charge < -0.3 is 5.11 Å². The molecule has 0 aromatic carbocycles. The van der Waals surface area contributed by atoms with Crippen molar-refractivity contribution >= 4 is 11.6 Å². The molecule has 6 rings (SSSR count). The number of carbonyl (C=O) groups excluding carboxylic acids is 2. The molecule has 3 saturated carbocycles. The van der Waals surface area contributed by atoms with Crippen molar-refractivity contribution in [2.75, 3.05) is 13.1 Å². The van der Waals surface area contributed by atoms with Crippen molar-refractivity contribution in [1.82, 2.24) is 4.90 Å². The molecule has 8 atom stereocenters. The second kappa shape index (κ2) is 7.70. The fourth-order valence-corrected chi connectivity index (χ4v) is 10.9. The first-order chi connectivity index (χ1) is 17.6. The van der Waals surface area contributed by atoms with Crippen molar-refractivity contribution in [3.8, 4) is 6.07 Å². The van der Waals surface area contributed by atoms with Crippen molar-refractivity contribution in [3.05, 3.63) is 23.3 Å². The zero-order chi connectivity index (χ0) is 27.7. The van der Waals surface area contributed by atoms with E-state index < -0.39 is 10.8 Å². The number of β-amino-alcohol motifs (C(OH)–C–C–N with tert-alkyl or cyclic N) is 1. The van der Waals surface area contributed by atoms with E-state index in [1.54, 1.807) is 0 Å². The monoisotopic (exact) mass is 518 g/mol. The molecule has 4 fully saturated rings. The number of nitriles is 1. The quantitative estimate of drug-likeness (QED) is 0.486. The minimum atomic E-state index is -0.629. The molecule has 0 spiro atoms. The summed E-state index contributed by atoms with van der Waals surface area (Å²) in [7, 11) is 0. The van der Waals surface area contributed by atoms with Gasteiger partial charge in [0, 0.05) is 35.4 Å². The minimum Gasteiger partial charge on any atom is -0.390 e. The molecule has 5 aliphatic carbocycles. The highest BCUT2D eigenvalue weighted by molar-refractivity contribution is 6.04. The summed E-state index contributed by atoms with van der Waals surface area (Å²) < 4.78 is 0. The smallest absolute Gasteiger partial charge is 0.178 e. The fraction of sp³-hybridized carbons (Fsp3) is 0.788. The highest BCUT2D eigenvalue weighted by Crippen LogP contribution is 2.74. The van der Waals surface area contributed by atoms with Crippen LogP contribution in [0.5, 0.6) is 0 Å². The molecule has 1 N–H and O–H groups in total. The summed E-state index contributed by atoms with van der Waals surface area (Å²) in [6.07, 6.45) is 11.1. The maximum atomic E-state index is 14.5. The van der Waals surface area contributed by atoms with Crippen molar-refractivity contribution in [3.63, 3.8) is 0 Å². The Bertz CT molecular complexity index is 1220. The maximum Gasteiger partial charge on any atom is 0.178 e. The van der Waals surface area contributed by atoms with Crippen LogP contribution >= 0.6 is 0 Å². The largest absolute Gasteiger partial charge is 0.390 e. The number of Topliss-reactive ketones (excluding diaryl/α,β-unsaturated/α-hetero) is 1. The molecule has 6 aliphatic rings. The van der Waals surface area contributed by atoms with Crippen molar-refractivity contribution < 1.29 is 14.7 Å². The van der Waals surface area contributed by atoms with Gasteiger partial charge in [0.15, 0.2) is 11.6 Å². The Morgan fingerprint density at radius 1 is 0.974 bits per heavy atom. The topological polar surface area (TPSA) is 81.4 Å². The van der Waals surface area contributed by atoms with E-state index in [4.69, 9.17) is 0 Å². The summed E-state index contributed by atoms with van der Waals surface area (Å²) in [5, 5.41) is 19.9. The molecule has 5 nitrogen and oxygen atoms in total. The van der Waals surface area contributed by atoms with E-state index in [2.05, 4.69) is 45.6 Å². The van der Waals surface area contributed by atoms with Crippen LogP contribution in [0, 0.1) is 56.2 Å². The number of carbonyl (C=O) groups is 2. The number of hydrogen-bond donors (Lipinski definition) is 1. The molecular formula is C33H46N2O3. The number of fused-ring (bicyclic) bond motifs is 7. The molecule has 1 heterocycles. The van der Waals surface area contributed by atoms with Crippen LogP contribution in [0.1, 0.15) is 93.4 Å². The van der Waals surface area contributed by atoms with Crippen LogP contribution in [-0.4, -0.2) is 46.3 Å². The number of aliphatic hydroxyl groups excluding tert-OH is 1. The van der Waals surface area contributed by atoms with Crippen molar-refractivity contribution in [2.45, 2.75) is 105 Å². The Kier molecular flexibility index (Phi) is 5.36. The molecule has 5 heteroatoms. The average Bonchev–Trinajstić information content (AvgIpc) is 2.82. The molecule has 1 aliphatic heterocycles. The Hall–Kier alpha value is -1.77. The van der Waals surface area contributed by atoms with Crippen LogP contribution in [0.15, 0.2) is 23.3 Å². The summed E-state index contributed by atoms with van der Waals surface area (Å²) in [4.78, 5) is 30.1. The first-order valence-electron chi connectivity index (χ1n) is 14.9. The molecule has 0 aromatic heterocycles. The first kappa shape index (κ1) is 26.5. The van der Waals surface area contributed by atoms with E-state index in [9.17, 15) is 20.0 Å². The van der Waals surface area contributed by atoms with E-state index in [1.165, 1.54) is 5.57 Å². The molecule has 206 valence electrons. The highest BCUT2D eigenvalue weighted by Gasteiger charge is 2.69. The van der Waals surface area contributed by atoms with Gasteiger partial charge in [-0.3, -0.25) is 14.5 Å². The molecular weight excluding hydrogens is 472 g/mol. The zero-order valence-electron chi connectivity index (χ0n) is 24.5. The zero-order valence-corrected chi connectivity index (χ0v) is 24.5. The van der Waals surface area contributed by atoms with E-state index in [1.807, 2.05) is 26.0 Å². The van der Waals surface area contributed by atoms with Gasteiger partial charge in [0.1, 0.15) is 6.07 Å². The van der Waals surface area contributed by atoms with Crippen LogP contribution in [0.25, 0.3) is 0 Å². The number of ketones is 2. The lowest BCUT2D eigenvalue weighted by molar-refractivity contribution is -0.178. The molecule has 0 amide bonds. The predicted molar refractivity (Wildman–Crippen MR) is 147 cm³/mol. The number of aliphatic hydroxyl groups is 1. The van der Waals surface area contributed by atoms with Crippen LogP contribution in [0.4, 0.5) is 0 Å². The summed E-state index contributed by atoms with van der Waals surface area (Å²) in [6.45, 7) is 17.3. The van der Waals surface area contributed by atoms with Gasteiger partial charge in [-0.25, -0.2) is 0 Å². The van der Waals surface area contributed by atoms with Gasteiger partial charge in [-0.15, -0.1) is 0 Å². The minimum absolute atomic E-state index is 0.0152. The molecule has 0 aromatic rings. The molecule has 1 saturated heterocycles. The Labute approximate surface area is 228 Å². The van der Waals surface area contributed by atoms with Crippen LogP contribution in [0.3, 0.4) is 0 Å². The van der Waals surface area contributed by atoms with Gasteiger partial charge in [-0.05, 0) is 86.0 Å². The van der Waals surface area contributed by atoms with Crippen molar-refractivity contribution in [1.29, 1.82) is 5.26 Å². The third-order valence-corrected chi connectivity index (χ3v) is 13.7. The third-order valence-electron chi connectivity index (χ3n) is 13.7. The van der Waals surface area contributed by atoms with Crippen LogP contribution in [0.2, 0.25) is 0 Å². The lowest BCUT2D eigenvalue weighted by Crippen LogP contribution is -2.68. The summed E-state index contributed by atoms with van der Waals surface area (Å²) >= 11 is 0. The normalized spacial score (nSPS) is 50.3. The number of likely N-dealkylation sites (tertiary alicyclic amines) is 1. The second-order valence-corrected chi connectivity index (χ2v) is 15.8. The standard InChI is InChI=1S/C33H46N2O3/c1-28(2)24-8-9-32(6)25(31(24,5)15-20(17-34)27(28)38)14-23(37)26-22-16-30(4,35-18-21(36)19-35)12-10-29(22,3)11-13-33(26,32)7/h14-15,21-22,24,26,36H,8-13,16,18-19H2,1-7H3/t22-,24-,26-,29+,30-,31-,32+,33+/m0/s1. The summed E-state index contributed by atoms with van der Waals surface area (Å²) in [6, 6.07) is 2.21. The SMILES string of the molecule is CC1(C)C(=O)C(C#N)=C[C@]2(C)C3=CC(=O)[C@@H]4[C@@H]5C[C@@](C)(N6CC(O)C6)CC[C@]5(C)CC[C@@]4(C)[C@]3(C)CC[C@@H]12. The van der Waals surface area contributed by atoms with Gasteiger partial charge in [0.25, 0.3) is 0 Å². The fourth-order valence-electron chi connectivity index (χ4n) is 10.9. The highest BCUT2D eigenvalue weighted by atomic mass is 16.3. The lowest BCUT2D eigenvalue weighted by atomic mass is 9.34. The lowest BCUT2D eigenvalue weighted by Gasteiger charge is -2.69. The van der Waals surface area contributed by atoms with E-state index >= 15 is 0 Å². The molecule has 0 bridgehead atoms. The predicted octanol–water partition coefficient (Wildman–Crippen LogP) is 5.63. The Morgan fingerprint density at radius 2 is 1.63 bits per heavy atom. The number of nitrogens with zero attached hydrogens (tertiary/aromatic N) is 2.